The lowest BCUT2D eigenvalue weighted by atomic mass is 9.83. The van der Waals surface area contributed by atoms with Gasteiger partial charge in [-0.25, -0.2) is 9.59 Å². The number of rotatable bonds is 0. The Morgan fingerprint density at radius 1 is 0.800 bits per heavy atom. The zero-order valence-electron chi connectivity index (χ0n) is 11.3. The summed E-state index contributed by atoms with van der Waals surface area (Å²) in [5, 5.41) is 0. The fraction of sp³-hybridized carbons (Fsp3) is 0.500. The van der Waals surface area contributed by atoms with Gasteiger partial charge < -0.3 is 9.47 Å². The van der Waals surface area contributed by atoms with Crippen molar-refractivity contribution in [3.05, 3.63) is 35.4 Å². The van der Waals surface area contributed by atoms with Crippen molar-refractivity contribution in [1.82, 2.24) is 0 Å². The van der Waals surface area contributed by atoms with E-state index in [2.05, 4.69) is 0 Å². The maximum Gasteiger partial charge on any atom is 0.338 e. The van der Waals surface area contributed by atoms with E-state index in [1.54, 1.807) is 24.3 Å². The average molecular weight is 274 g/mol. The Bertz CT molecular complexity index is 472. The number of carbonyl (C=O) groups excluding carboxylic acids is 2. The highest BCUT2D eigenvalue weighted by molar-refractivity contribution is 5.95. The van der Waals surface area contributed by atoms with Gasteiger partial charge in [-0.05, 0) is 55.7 Å². The predicted octanol–water partition coefficient (Wildman–Crippen LogP) is 2.82. The van der Waals surface area contributed by atoms with Crippen LogP contribution < -0.4 is 0 Å². The van der Waals surface area contributed by atoms with Crippen molar-refractivity contribution >= 4 is 11.9 Å². The molecule has 4 bridgehead atoms. The Kier molecular flexibility index (Phi) is 3.72. The molecule has 0 aromatic heterocycles. The van der Waals surface area contributed by atoms with Crippen LogP contribution in [0.3, 0.4) is 0 Å². The summed E-state index contributed by atoms with van der Waals surface area (Å²) in [4.78, 5) is 24.0. The maximum atomic E-state index is 12.0. The Morgan fingerprint density at radius 2 is 1.25 bits per heavy atom. The number of benzene rings is 1. The van der Waals surface area contributed by atoms with Gasteiger partial charge in [0.1, 0.15) is 0 Å². The number of ether oxygens (including phenoxy) is 2. The first kappa shape index (κ1) is 13.2. The van der Waals surface area contributed by atoms with Crippen molar-refractivity contribution in [3.63, 3.8) is 0 Å². The molecule has 0 saturated heterocycles. The molecule has 1 aromatic carbocycles. The quantitative estimate of drug-likeness (QED) is 0.683. The van der Waals surface area contributed by atoms with Crippen LogP contribution in [0.25, 0.3) is 0 Å². The van der Waals surface area contributed by atoms with Crippen LogP contribution in [0, 0.1) is 11.8 Å². The van der Waals surface area contributed by atoms with Gasteiger partial charge in [0.15, 0.2) is 0 Å². The molecule has 0 amide bonds. The SMILES string of the molecule is O=C1OCC2CCC(CC2)COC(=O)c2cccc1c2. The Balaban J connectivity index is 1.85. The molecule has 4 heteroatoms. The summed E-state index contributed by atoms with van der Waals surface area (Å²) in [6.07, 6.45) is 4.14. The molecule has 4 rings (SSSR count). The smallest absolute Gasteiger partial charge is 0.338 e. The van der Waals surface area contributed by atoms with Crippen molar-refractivity contribution in [1.29, 1.82) is 0 Å². The van der Waals surface area contributed by atoms with Gasteiger partial charge in [0, 0.05) is 0 Å². The summed E-state index contributed by atoms with van der Waals surface area (Å²) in [5.41, 5.74) is 0.821. The Hall–Kier alpha value is -1.84. The highest BCUT2D eigenvalue weighted by atomic mass is 16.5. The highest BCUT2D eigenvalue weighted by Gasteiger charge is 2.24. The second kappa shape index (κ2) is 5.65. The minimum atomic E-state index is -0.360. The van der Waals surface area contributed by atoms with E-state index in [0.717, 1.165) is 25.7 Å². The van der Waals surface area contributed by atoms with E-state index in [4.69, 9.17) is 9.47 Å². The average Bonchev–Trinajstić information content (AvgIpc) is 2.51. The van der Waals surface area contributed by atoms with Gasteiger partial charge in [0.05, 0.1) is 24.3 Å². The molecule has 4 nitrogen and oxygen atoms in total. The molecule has 2 heterocycles. The first-order valence-corrected chi connectivity index (χ1v) is 7.16. The fourth-order valence-corrected chi connectivity index (χ4v) is 2.89. The summed E-state index contributed by atoms with van der Waals surface area (Å²) in [6.45, 7) is 0.954. The van der Waals surface area contributed by atoms with E-state index in [0.29, 0.717) is 36.2 Å². The van der Waals surface area contributed by atoms with Crippen LogP contribution in [0.2, 0.25) is 0 Å². The summed E-state index contributed by atoms with van der Waals surface area (Å²) < 4.78 is 10.7. The lowest BCUT2D eigenvalue weighted by Crippen LogP contribution is -2.23. The lowest BCUT2D eigenvalue weighted by Gasteiger charge is -2.27. The molecule has 0 atom stereocenters. The van der Waals surface area contributed by atoms with Gasteiger partial charge in [-0.15, -0.1) is 0 Å². The molecule has 2 aliphatic heterocycles. The molecule has 20 heavy (non-hydrogen) atoms. The zero-order valence-corrected chi connectivity index (χ0v) is 11.3. The van der Waals surface area contributed by atoms with Crippen molar-refractivity contribution in [2.45, 2.75) is 25.7 Å². The van der Waals surface area contributed by atoms with Crippen molar-refractivity contribution in [3.8, 4) is 0 Å². The number of esters is 2. The van der Waals surface area contributed by atoms with Gasteiger partial charge in [-0.2, -0.15) is 0 Å². The number of carbonyl (C=O) groups is 2. The third-order valence-electron chi connectivity index (χ3n) is 4.20. The summed E-state index contributed by atoms with van der Waals surface area (Å²) in [6, 6.07) is 6.55. The van der Waals surface area contributed by atoms with Crippen LogP contribution in [-0.2, 0) is 9.47 Å². The predicted molar refractivity (Wildman–Crippen MR) is 72.5 cm³/mol. The van der Waals surface area contributed by atoms with Crippen LogP contribution in [0.1, 0.15) is 46.4 Å². The van der Waals surface area contributed by atoms with Crippen LogP contribution in [0.4, 0.5) is 0 Å². The third-order valence-corrected chi connectivity index (χ3v) is 4.20. The molecule has 1 saturated carbocycles. The minimum absolute atomic E-state index is 0.360. The Labute approximate surface area is 118 Å². The molecule has 1 fully saturated rings. The molecule has 1 aromatic rings. The van der Waals surface area contributed by atoms with Crippen LogP contribution in [-0.4, -0.2) is 25.2 Å². The van der Waals surface area contributed by atoms with Crippen molar-refractivity contribution in [2.75, 3.05) is 13.2 Å². The molecular formula is C16H18O4. The molecule has 1 aliphatic carbocycles. The van der Waals surface area contributed by atoms with E-state index in [1.807, 2.05) is 0 Å². The summed E-state index contributed by atoms with van der Waals surface area (Å²) in [7, 11) is 0. The largest absolute Gasteiger partial charge is 0.462 e. The second-order valence-corrected chi connectivity index (χ2v) is 5.66. The van der Waals surface area contributed by atoms with Gasteiger partial charge in [-0.3, -0.25) is 0 Å². The zero-order chi connectivity index (χ0) is 13.9. The van der Waals surface area contributed by atoms with E-state index in [9.17, 15) is 9.59 Å². The fourth-order valence-electron chi connectivity index (χ4n) is 2.89. The first-order valence-electron chi connectivity index (χ1n) is 7.16. The van der Waals surface area contributed by atoms with E-state index < -0.39 is 0 Å². The second-order valence-electron chi connectivity index (χ2n) is 5.66. The lowest BCUT2D eigenvalue weighted by molar-refractivity contribution is 0.0307. The monoisotopic (exact) mass is 274 g/mol. The molecule has 0 radical (unpaired) electrons. The first-order chi connectivity index (χ1) is 9.72. The summed E-state index contributed by atoms with van der Waals surface area (Å²) in [5.74, 6) is 0.159. The maximum absolute atomic E-state index is 12.0. The molecular weight excluding hydrogens is 256 g/mol. The topological polar surface area (TPSA) is 52.6 Å². The molecule has 0 unspecified atom stereocenters. The van der Waals surface area contributed by atoms with Gasteiger partial charge >= 0.3 is 11.9 Å². The summed E-state index contributed by atoms with van der Waals surface area (Å²) >= 11 is 0. The highest BCUT2D eigenvalue weighted by Crippen LogP contribution is 2.29. The van der Waals surface area contributed by atoms with E-state index >= 15 is 0 Å². The van der Waals surface area contributed by atoms with E-state index in [1.165, 1.54) is 0 Å². The van der Waals surface area contributed by atoms with Gasteiger partial charge in [0.25, 0.3) is 0 Å². The third kappa shape index (κ3) is 2.84. The van der Waals surface area contributed by atoms with Gasteiger partial charge in [0.2, 0.25) is 0 Å². The number of hydrogen-bond donors (Lipinski definition) is 0. The molecule has 3 aliphatic rings. The number of fused-ring (bicyclic) bond motifs is 6. The molecule has 106 valence electrons. The van der Waals surface area contributed by atoms with Crippen LogP contribution >= 0.6 is 0 Å². The normalized spacial score (nSPS) is 26.8. The standard InChI is InChI=1S/C16H18O4/c17-15-13-2-1-3-14(8-13)16(18)20-10-12-6-4-11(5-7-12)9-19-15/h1-3,8,11-12H,4-7,9-10H2. The van der Waals surface area contributed by atoms with Crippen molar-refractivity contribution < 1.29 is 19.1 Å². The molecule has 0 spiro atoms. The van der Waals surface area contributed by atoms with Crippen LogP contribution in [0.15, 0.2) is 24.3 Å². The number of hydrogen-bond acceptors (Lipinski definition) is 4. The van der Waals surface area contributed by atoms with Crippen molar-refractivity contribution in [2.24, 2.45) is 11.8 Å². The van der Waals surface area contributed by atoms with E-state index in [-0.39, 0.29) is 11.9 Å². The Morgan fingerprint density at radius 3 is 1.70 bits per heavy atom. The van der Waals surface area contributed by atoms with Crippen LogP contribution in [0.5, 0.6) is 0 Å². The minimum Gasteiger partial charge on any atom is -0.462 e. The molecule has 0 N–H and O–H groups in total. The van der Waals surface area contributed by atoms with Gasteiger partial charge in [-0.1, -0.05) is 6.07 Å².